The summed E-state index contributed by atoms with van der Waals surface area (Å²) in [6.07, 6.45) is 7.80. The third-order valence-corrected chi connectivity index (χ3v) is 5.40. The summed E-state index contributed by atoms with van der Waals surface area (Å²) in [4.78, 5) is 17.9. The van der Waals surface area contributed by atoms with Gasteiger partial charge in [0.05, 0.1) is 5.69 Å². The molecule has 7 heteroatoms. The van der Waals surface area contributed by atoms with Crippen molar-refractivity contribution in [2.24, 2.45) is 11.7 Å². The number of hydrogen-bond donors (Lipinski definition) is 2. The van der Waals surface area contributed by atoms with Gasteiger partial charge in [-0.25, -0.2) is 4.98 Å². The predicted molar refractivity (Wildman–Crippen MR) is 104 cm³/mol. The van der Waals surface area contributed by atoms with Crippen LogP contribution in [0, 0.1) is 5.92 Å². The van der Waals surface area contributed by atoms with Crippen LogP contribution in [0.2, 0.25) is 0 Å². The van der Waals surface area contributed by atoms with E-state index in [1.807, 2.05) is 46.4 Å². The number of imidazole rings is 1. The highest BCUT2D eigenvalue weighted by molar-refractivity contribution is 7.15. The fourth-order valence-corrected chi connectivity index (χ4v) is 4.00. The second-order valence-corrected chi connectivity index (χ2v) is 7.28. The highest BCUT2D eigenvalue weighted by Gasteiger charge is 2.25. The fourth-order valence-electron chi connectivity index (χ4n) is 3.30. The fraction of sp³-hybridized carbons (Fsp3) is 0.333. The summed E-state index contributed by atoms with van der Waals surface area (Å²) in [6.45, 7) is 0. The summed E-state index contributed by atoms with van der Waals surface area (Å²) in [5.41, 5.74) is 8.79. The molecule has 1 fully saturated rings. The maximum Gasteiger partial charge on any atom is 0.227 e. The van der Waals surface area contributed by atoms with E-state index < -0.39 is 0 Å². The molecule has 2 unspecified atom stereocenters. The van der Waals surface area contributed by atoms with E-state index in [0.29, 0.717) is 0 Å². The topological polar surface area (TPSA) is 72.4 Å². The van der Waals surface area contributed by atoms with Crippen LogP contribution in [0.15, 0.2) is 42.0 Å². The molecule has 1 aromatic carbocycles. The monoisotopic (exact) mass is 376 g/mol. The van der Waals surface area contributed by atoms with Crippen LogP contribution in [0.1, 0.15) is 25.7 Å². The molecule has 0 saturated heterocycles. The maximum atomic E-state index is 12.4. The smallest absolute Gasteiger partial charge is 0.227 e. The lowest BCUT2D eigenvalue weighted by Crippen LogP contribution is -2.34. The third-order valence-electron chi connectivity index (χ3n) is 4.63. The number of halogens is 1. The Morgan fingerprint density at radius 2 is 2.08 bits per heavy atom. The van der Waals surface area contributed by atoms with E-state index in [4.69, 9.17) is 5.73 Å². The van der Waals surface area contributed by atoms with Crippen LogP contribution in [-0.2, 0) is 4.79 Å². The summed E-state index contributed by atoms with van der Waals surface area (Å²) in [7, 11) is 0. The van der Waals surface area contributed by atoms with Crippen molar-refractivity contribution in [2.75, 3.05) is 5.32 Å². The molecule has 1 amide bonds. The Kier molecular flexibility index (Phi) is 5.42. The normalized spacial score (nSPS) is 20.2. The molecule has 1 aliphatic rings. The molecule has 2 atom stereocenters. The van der Waals surface area contributed by atoms with Gasteiger partial charge in [0, 0.05) is 41.0 Å². The number of benzene rings is 1. The second kappa shape index (κ2) is 7.56. The van der Waals surface area contributed by atoms with E-state index in [-0.39, 0.29) is 30.3 Å². The van der Waals surface area contributed by atoms with Gasteiger partial charge >= 0.3 is 0 Å². The number of amides is 1. The van der Waals surface area contributed by atoms with Crippen molar-refractivity contribution >= 4 is 40.3 Å². The summed E-state index contributed by atoms with van der Waals surface area (Å²) in [5, 5.41) is 5.03. The zero-order valence-electron chi connectivity index (χ0n) is 13.7. The molecule has 0 aliphatic heterocycles. The van der Waals surface area contributed by atoms with Crippen molar-refractivity contribution in [3.05, 3.63) is 42.0 Å². The van der Waals surface area contributed by atoms with Crippen LogP contribution < -0.4 is 11.1 Å². The van der Waals surface area contributed by atoms with Gasteiger partial charge in [-0.15, -0.1) is 23.7 Å². The van der Waals surface area contributed by atoms with Gasteiger partial charge in [-0.2, -0.15) is 0 Å². The number of hydrogen-bond acceptors (Lipinski definition) is 4. The van der Waals surface area contributed by atoms with E-state index in [2.05, 4.69) is 10.3 Å². The molecular formula is C18H21ClN4OS. The number of nitrogens with two attached hydrogens (primary N) is 1. The average molecular weight is 377 g/mol. The first-order valence-electron chi connectivity index (χ1n) is 8.28. The van der Waals surface area contributed by atoms with E-state index in [1.165, 1.54) is 0 Å². The average Bonchev–Trinajstić information content (AvgIpc) is 3.17. The Morgan fingerprint density at radius 3 is 2.80 bits per heavy atom. The van der Waals surface area contributed by atoms with Gasteiger partial charge < -0.3 is 11.1 Å². The van der Waals surface area contributed by atoms with E-state index in [0.717, 1.165) is 47.6 Å². The number of nitrogens with one attached hydrogen (secondary N) is 1. The first-order valence-corrected chi connectivity index (χ1v) is 9.16. The number of anilines is 1. The van der Waals surface area contributed by atoms with Gasteiger partial charge in [0.25, 0.3) is 0 Å². The Morgan fingerprint density at radius 1 is 1.28 bits per heavy atom. The van der Waals surface area contributed by atoms with Gasteiger partial charge in [0.15, 0.2) is 4.96 Å². The molecular weight excluding hydrogens is 356 g/mol. The number of carbonyl (C=O) groups is 1. The second-order valence-electron chi connectivity index (χ2n) is 6.41. The van der Waals surface area contributed by atoms with E-state index >= 15 is 0 Å². The van der Waals surface area contributed by atoms with Crippen LogP contribution in [0.3, 0.4) is 0 Å². The Labute approximate surface area is 156 Å². The summed E-state index contributed by atoms with van der Waals surface area (Å²) in [5.74, 6) is 0.119. The summed E-state index contributed by atoms with van der Waals surface area (Å²) < 4.78 is 2.02. The third kappa shape index (κ3) is 3.86. The van der Waals surface area contributed by atoms with Gasteiger partial charge in [-0.1, -0.05) is 18.6 Å². The van der Waals surface area contributed by atoms with Crippen molar-refractivity contribution in [1.82, 2.24) is 9.38 Å². The molecule has 3 aromatic rings. The molecule has 4 rings (SSSR count). The van der Waals surface area contributed by atoms with Crippen molar-refractivity contribution in [2.45, 2.75) is 31.7 Å². The molecule has 5 nitrogen and oxygen atoms in total. The first kappa shape index (κ1) is 17.9. The van der Waals surface area contributed by atoms with Crippen LogP contribution in [0.5, 0.6) is 0 Å². The standard InChI is InChI=1S/C18H20N4OS.ClH/c19-14-3-1-2-13(10-14)17(23)20-15-6-4-12(5-7-15)16-11-22-8-9-24-18(22)21-16;/h4-9,11,13-14H,1-3,10,19H2,(H,20,23);1H. The minimum Gasteiger partial charge on any atom is -0.328 e. The number of nitrogens with zero attached hydrogens (tertiary/aromatic N) is 2. The quantitative estimate of drug-likeness (QED) is 0.727. The number of thiazole rings is 1. The van der Waals surface area contributed by atoms with Crippen molar-refractivity contribution in [1.29, 1.82) is 0 Å². The van der Waals surface area contributed by atoms with Crippen LogP contribution in [0.25, 0.3) is 16.2 Å². The van der Waals surface area contributed by atoms with Gasteiger partial charge in [0.2, 0.25) is 5.91 Å². The Hall–Kier alpha value is -1.89. The van der Waals surface area contributed by atoms with Gasteiger partial charge in [0.1, 0.15) is 0 Å². The number of fused-ring (bicyclic) bond motifs is 1. The van der Waals surface area contributed by atoms with Crippen LogP contribution in [0.4, 0.5) is 5.69 Å². The molecule has 3 N–H and O–H groups in total. The molecule has 2 heterocycles. The minimum atomic E-state index is 0. The van der Waals surface area contributed by atoms with E-state index in [1.54, 1.807) is 11.3 Å². The van der Waals surface area contributed by atoms with Crippen molar-refractivity contribution in [3.63, 3.8) is 0 Å². The lowest BCUT2D eigenvalue weighted by Gasteiger charge is -2.25. The summed E-state index contributed by atoms with van der Waals surface area (Å²) >= 11 is 1.61. The van der Waals surface area contributed by atoms with Crippen molar-refractivity contribution in [3.8, 4) is 11.3 Å². The molecule has 1 saturated carbocycles. The molecule has 0 spiro atoms. The lowest BCUT2D eigenvalue weighted by atomic mass is 9.85. The summed E-state index contributed by atoms with van der Waals surface area (Å²) in [6, 6.07) is 8.02. The lowest BCUT2D eigenvalue weighted by molar-refractivity contribution is -0.120. The first-order chi connectivity index (χ1) is 11.7. The predicted octanol–water partition coefficient (Wildman–Crippen LogP) is 3.94. The Balaban J connectivity index is 0.00000182. The molecule has 0 radical (unpaired) electrons. The highest BCUT2D eigenvalue weighted by atomic mass is 35.5. The maximum absolute atomic E-state index is 12.4. The van der Waals surface area contributed by atoms with E-state index in [9.17, 15) is 4.79 Å². The van der Waals surface area contributed by atoms with Crippen LogP contribution in [-0.4, -0.2) is 21.3 Å². The number of carbonyl (C=O) groups excluding carboxylic acids is 1. The number of aromatic nitrogens is 2. The zero-order valence-corrected chi connectivity index (χ0v) is 15.4. The minimum absolute atomic E-state index is 0. The SMILES string of the molecule is Cl.NC1CCCC(C(=O)Nc2ccc(-c3cn4ccsc4n3)cc2)C1. The Bertz CT molecular complexity index is 829. The molecule has 1 aliphatic carbocycles. The largest absolute Gasteiger partial charge is 0.328 e. The molecule has 25 heavy (non-hydrogen) atoms. The highest BCUT2D eigenvalue weighted by Crippen LogP contribution is 2.26. The molecule has 2 aromatic heterocycles. The number of rotatable bonds is 3. The van der Waals surface area contributed by atoms with Gasteiger partial charge in [-0.3, -0.25) is 9.20 Å². The zero-order chi connectivity index (χ0) is 16.5. The molecule has 0 bridgehead atoms. The molecule has 132 valence electrons. The van der Waals surface area contributed by atoms with Crippen molar-refractivity contribution < 1.29 is 4.79 Å². The van der Waals surface area contributed by atoms with Gasteiger partial charge in [-0.05, 0) is 31.4 Å². The van der Waals surface area contributed by atoms with Crippen LogP contribution >= 0.6 is 23.7 Å².